The van der Waals surface area contributed by atoms with Crippen LogP contribution in [0.15, 0.2) is 42.5 Å². The molecule has 2 nitrogen and oxygen atoms in total. The third-order valence-electron chi connectivity index (χ3n) is 2.95. The Balaban J connectivity index is 2.24. The predicted octanol–water partition coefficient (Wildman–Crippen LogP) is 4.98. The Hall–Kier alpha value is -1.88. The van der Waals surface area contributed by atoms with E-state index in [1.807, 2.05) is 0 Å². The number of anilines is 1. The molecule has 1 N–H and O–H groups in total. The van der Waals surface area contributed by atoms with Gasteiger partial charge in [0.15, 0.2) is 0 Å². The van der Waals surface area contributed by atoms with E-state index >= 15 is 0 Å². The number of alkyl halides is 3. The second-order valence-corrected chi connectivity index (χ2v) is 4.79. The van der Waals surface area contributed by atoms with E-state index in [2.05, 4.69) is 5.32 Å². The quantitative estimate of drug-likeness (QED) is 0.859. The maximum Gasteiger partial charge on any atom is 0.418 e. The minimum atomic E-state index is -4.46. The summed E-state index contributed by atoms with van der Waals surface area (Å²) in [4.78, 5) is 0. The molecular formula is C15H13ClF3NO. The largest absolute Gasteiger partial charge is 0.496 e. The van der Waals surface area contributed by atoms with Gasteiger partial charge in [0.05, 0.1) is 12.7 Å². The molecular weight excluding hydrogens is 303 g/mol. The SMILES string of the molecule is COc1ccccc1CNc1ccc(Cl)cc1C(F)(F)F. The zero-order chi connectivity index (χ0) is 15.5. The molecule has 0 radical (unpaired) electrons. The number of ether oxygens (including phenoxy) is 1. The summed E-state index contributed by atoms with van der Waals surface area (Å²) in [6, 6.07) is 10.8. The summed E-state index contributed by atoms with van der Waals surface area (Å²) in [6.45, 7) is 0.217. The van der Waals surface area contributed by atoms with Gasteiger partial charge in [-0.3, -0.25) is 0 Å². The standard InChI is InChI=1S/C15H13ClF3NO/c1-21-14-5-3-2-4-10(14)9-20-13-7-6-11(16)8-12(13)15(17,18)19/h2-8,20H,9H2,1H3. The molecule has 0 unspecified atom stereocenters. The van der Waals surface area contributed by atoms with E-state index < -0.39 is 11.7 Å². The zero-order valence-corrected chi connectivity index (χ0v) is 11.9. The number of methoxy groups -OCH3 is 1. The van der Waals surface area contributed by atoms with Gasteiger partial charge in [-0.1, -0.05) is 29.8 Å². The molecule has 0 aromatic heterocycles. The van der Waals surface area contributed by atoms with Crippen LogP contribution in [-0.2, 0) is 12.7 Å². The Morgan fingerprint density at radius 3 is 2.52 bits per heavy atom. The van der Waals surface area contributed by atoms with Gasteiger partial charge in [0, 0.05) is 22.8 Å². The molecule has 0 bridgehead atoms. The smallest absolute Gasteiger partial charge is 0.418 e. The fourth-order valence-electron chi connectivity index (χ4n) is 1.94. The Bertz CT molecular complexity index is 629. The van der Waals surface area contributed by atoms with Crippen molar-refractivity contribution in [3.63, 3.8) is 0 Å². The monoisotopic (exact) mass is 315 g/mol. The molecule has 0 aliphatic heterocycles. The molecule has 2 aromatic rings. The van der Waals surface area contributed by atoms with Crippen molar-refractivity contribution in [3.8, 4) is 5.75 Å². The van der Waals surface area contributed by atoms with Crippen LogP contribution in [0, 0.1) is 0 Å². The third-order valence-corrected chi connectivity index (χ3v) is 3.18. The minimum Gasteiger partial charge on any atom is -0.496 e. The molecule has 2 aromatic carbocycles. The van der Waals surface area contributed by atoms with Crippen molar-refractivity contribution < 1.29 is 17.9 Å². The molecule has 21 heavy (non-hydrogen) atoms. The van der Waals surface area contributed by atoms with Crippen molar-refractivity contribution in [2.24, 2.45) is 0 Å². The van der Waals surface area contributed by atoms with E-state index in [-0.39, 0.29) is 17.3 Å². The van der Waals surface area contributed by atoms with Crippen LogP contribution in [0.25, 0.3) is 0 Å². The van der Waals surface area contributed by atoms with E-state index in [9.17, 15) is 13.2 Å². The van der Waals surface area contributed by atoms with Gasteiger partial charge >= 0.3 is 6.18 Å². The molecule has 0 aliphatic rings. The molecule has 2 rings (SSSR count). The second-order valence-electron chi connectivity index (χ2n) is 4.35. The van der Waals surface area contributed by atoms with Gasteiger partial charge in [-0.25, -0.2) is 0 Å². The third kappa shape index (κ3) is 3.82. The Morgan fingerprint density at radius 1 is 1.14 bits per heavy atom. The topological polar surface area (TPSA) is 21.3 Å². The van der Waals surface area contributed by atoms with Gasteiger partial charge < -0.3 is 10.1 Å². The molecule has 0 saturated heterocycles. The lowest BCUT2D eigenvalue weighted by Crippen LogP contribution is -2.11. The highest BCUT2D eigenvalue weighted by molar-refractivity contribution is 6.30. The van der Waals surface area contributed by atoms with Crippen molar-refractivity contribution in [1.82, 2.24) is 0 Å². The molecule has 0 heterocycles. The number of benzene rings is 2. The Kier molecular flexibility index (Phi) is 4.63. The van der Waals surface area contributed by atoms with E-state index in [1.54, 1.807) is 24.3 Å². The lowest BCUT2D eigenvalue weighted by atomic mass is 10.1. The highest BCUT2D eigenvalue weighted by Crippen LogP contribution is 2.36. The van der Waals surface area contributed by atoms with Gasteiger partial charge in [-0.05, 0) is 24.3 Å². The van der Waals surface area contributed by atoms with Crippen LogP contribution in [0.5, 0.6) is 5.75 Å². The fraction of sp³-hybridized carbons (Fsp3) is 0.200. The molecule has 112 valence electrons. The van der Waals surface area contributed by atoms with Gasteiger partial charge in [0.25, 0.3) is 0 Å². The van der Waals surface area contributed by atoms with Crippen LogP contribution in [0.1, 0.15) is 11.1 Å². The predicted molar refractivity (Wildman–Crippen MR) is 76.8 cm³/mol. The van der Waals surface area contributed by atoms with Crippen LogP contribution < -0.4 is 10.1 Å². The van der Waals surface area contributed by atoms with Crippen LogP contribution in [0.4, 0.5) is 18.9 Å². The van der Waals surface area contributed by atoms with E-state index in [1.165, 1.54) is 19.2 Å². The van der Waals surface area contributed by atoms with E-state index in [4.69, 9.17) is 16.3 Å². The highest BCUT2D eigenvalue weighted by Gasteiger charge is 2.33. The summed E-state index contributed by atoms with van der Waals surface area (Å²) in [5.74, 6) is 0.618. The highest BCUT2D eigenvalue weighted by atomic mass is 35.5. The maximum absolute atomic E-state index is 13.0. The van der Waals surface area contributed by atoms with Gasteiger partial charge in [0.2, 0.25) is 0 Å². The Labute approximate surface area is 125 Å². The number of hydrogen-bond acceptors (Lipinski definition) is 2. The van der Waals surface area contributed by atoms with Crippen LogP contribution >= 0.6 is 11.6 Å². The molecule has 6 heteroatoms. The molecule has 0 amide bonds. The average molecular weight is 316 g/mol. The first kappa shape index (κ1) is 15.5. The summed E-state index contributed by atoms with van der Waals surface area (Å²) >= 11 is 5.64. The number of hydrogen-bond donors (Lipinski definition) is 1. The number of halogens is 4. The lowest BCUT2D eigenvalue weighted by Gasteiger charge is -2.16. The molecule has 0 spiro atoms. The summed E-state index contributed by atoms with van der Waals surface area (Å²) < 4.78 is 44.1. The van der Waals surface area contributed by atoms with E-state index in [0.717, 1.165) is 11.6 Å². The number of nitrogens with one attached hydrogen (secondary N) is 1. The van der Waals surface area contributed by atoms with Crippen LogP contribution in [-0.4, -0.2) is 7.11 Å². The van der Waals surface area contributed by atoms with Gasteiger partial charge in [0.1, 0.15) is 5.75 Å². The first-order valence-electron chi connectivity index (χ1n) is 6.14. The lowest BCUT2D eigenvalue weighted by molar-refractivity contribution is -0.136. The summed E-state index contributed by atoms with van der Waals surface area (Å²) in [6.07, 6.45) is -4.46. The first-order chi connectivity index (χ1) is 9.91. The summed E-state index contributed by atoms with van der Waals surface area (Å²) in [5, 5.41) is 2.83. The normalized spacial score (nSPS) is 11.3. The fourth-order valence-corrected chi connectivity index (χ4v) is 2.12. The number of para-hydroxylation sites is 1. The minimum absolute atomic E-state index is 0.0159. The van der Waals surface area contributed by atoms with Crippen molar-refractivity contribution >= 4 is 17.3 Å². The maximum atomic E-state index is 13.0. The molecule has 0 aliphatic carbocycles. The summed E-state index contributed by atoms with van der Waals surface area (Å²) in [7, 11) is 1.52. The van der Waals surface area contributed by atoms with Crippen LogP contribution in [0.3, 0.4) is 0 Å². The van der Waals surface area contributed by atoms with Crippen molar-refractivity contribution in [2.75, 3.05) is 12.4 Å². The van der Waals surface area contributed by atoms with Gasteiger partial charge in [-0.15, -0.1) is 0 Å². The van der Waals surface area contributed by atoms with Crippen LogP contribution in [0.2, 0.25) is 5.02 Å². The average Bonchev–Trinajstić information content (AvgIpc) is 2.45. The first-order valence-corrected chi connectivity index (χ1v) is 6.52. The number of rotatable bonds is 4. The zero-order valence-electron chi connectivity index (χ0n) is 11.2. The van der Waals surface area contributed by atoms with Crippen molar-refractivity contribution in [1.29, 1.82) is 0 Å². The molecule has 0 atom stereocenters. The molecule has 0 saturated carbocycles. The summed E-state index contributed by atoms with van der Waals surface area (Å²) in [5.41, 5.74) is -0.0363. The second kappa shape index (κ2) is 6.26. The molecule has 0 fully saturated rings. The van der Waals surface area contributed by atoms with E-state index in [0.29, 0.717) is 5.75 Å². The Morgan fingerprint density at radius 2 is 1.86 bits per heavy atom. The van der Waals surface area contributed by atoms with Crippen molar-refractivity contribution in [2.45, 2.75) is 12.7 Å². The van der Waals surface area contributed by atoms with Crippen molar-refractivity contribution in [3.05, 3.63) is 58.6 Å². The van der Waals surface area contributed by atoms with Gasteiger partial charge in [-0.2, -0.15) is 13.2 Å².